The fraction of sp³-hybridized carbons (Fsp3) is 0.462. The summed E-state index contributed by atoms with van der Waals surface area (Å²) >= 11 is 0. The molecule has 0 aliphatic carbocycles. The highest BCUT2D eigenvalue weighted by Crippen LogP contribution is 2.21. The average molecular weight is 255 g/mol. The average Bonchev–Trinajstić information content (AvgIpc) is 2.30. The molecule has 1 atom stereocenters. The molecule has 0 amide bonds. The van der Waals surface area contributed by atoms with E-state index in [-0.39, 0.29) is 5.82 Å². The lowest BCUT2D eigenvalue weighted by atomic mass is 10.1. The van der Waals surface area contributed by atoms with E-state index in [0.717, 1.165) is 6.42 Å². The van der Waals surface area contributed by atoms with Gasteiger partial charge in [-0.2, -0.15) is 0 Å². The van der Waals surface area contributed by atoms with Crippen LogP contribution in [-0.4, -0.2) is 23.7 Å². The zero-order chi connectivity index (χ0) is 13.5. The van der Waals surface area contributed by atoms with Crippen molar-refractivity contribution in [2.75, 3.05) is 6.54 Å². The zero-order valence-electron chi connectivity index (χ0n) is 10.4. The Hall–Kier alpha value is -1.62. The van der Waals surface area contributed by atoms with Crippen molar-refractivity contribution in [3.05, 3.63) is 29.6 Å². The monoisotopic (exact) mass is 255 g/mol. The Labute approximate surface area is 106 Å². The van der Waals surface area contributed by atoms with Crippen LogP contribution in [0.3, 0.4) is 0 Å². The minimum atomic E-state index is -1.02. The van der Waals surface area contributed by atoms with E-state index in [1.807, 2.05) is 0 Å². The molecular formula is C13H18FNO3. The molecule has 18 heavy (non-hydrogen) atoms. The van der Waals surface area contributed by atoms with Crippen molar-refractivity contribution in [2.45, 2.75) is 32.3 Å². The van der Waals surface area contributed by atoms with E-state index in [0.29, 0.717) is 30.7 Å². The third-order valence-corrected chi connectivity index (χ3v) is 2.60. The molecule has 4 nitrogen and oxygen atoms in total. The van der Waals surface area contributed by atoms with Gasteiger partial charge in [0.2, 0.25) is 0 Å². The highest BCUT2D eigenvalue weighted by Gasteiger charge is 2.19. The smallest absolute Gasteiger partial charge is 0.344 e. The molecule has 1 unspecified atom stereocenters. The molecular weight excluding hydrogens is 237 g/mol. The van der Waals surface area contributed by atoms with Gasteiger partial charge in [0.25, 0.3) is 0 Å². The van der Waals surface area contributed by atoms with Crippen molar-refractivity contribution in [2.24, 2.45) is 5.73 Å². The highest BCUT2D eigenvalue weighted by atomic mass is 19.1. The van der Waals surface area contributed by atoms with Crippen LogP contribution in [0.4, 0.5) is 4.39 Å². The number of rotatable bonds is 7. The number of halogens is 1. The number of unbranched alkanes of at least 4 members (excludes halogenated alkanes) is 1. The van der Waals surface area contributed by atoms with E-state index in [4.69, 9.17) is 15.6 Å². The van der Waals surface area contributed by atoms with Gasteiger partial charge in [0, 0.05) is 0 Å². The van der Waals surface area contributed by atoms with Crippen molar-refractivity contribution in [1.82, 2.24) is 0 Å². The lowest BCUT2D eigenvalue weighted by molar-refractivity contribution is -0.145. The van der Waals surface area contributed by atoms with Gasteiger partial charge in [0.15, 0.2) is 6.10 Å². The van der Waals surface area contributed by atoms with Crippen LogP contribution >= 0.6 is 0 Å². The van der Waals surface area contributed by atoms with Crippen molar-refractivity contribution in [3.63, 3.8) is 0 Å². The molecule has 0 fully saturated rings. The fourth-order valence-electron chi connectivity index (χ4n) is 1.61. The summed E-state index contributed by atoms with van der Waals surface area (Å²) in [7, 11) is 0. The van der Waals surface area contributed by atoms with Crippen LogP contribution in [0.2, 0.25) is 0 Å². The maximum atomic E-state index is 12.9. The number of carboxylic acid groups (broad SMARTS) is 1. The Morgan fingerprint density at radius 2 is 2.22 bits per heavy atom. The molecule has 0 aliphatic rings. The Balaban J connectivity index is 2.67. The molecule has 0 saturated heterocycles. The number of benzene rings is 1. The molecule has 0 radical (unpaired) electrons. The van der Waals surface area contributed by atoms with Gasteiger partial charge >= 0.3 is 5.97 Å². The maximum Gasteiger partial charge on any atom is 0.344 e. The summed E-state index contributed by atoms with van der Waals surface area (Å²) in [6.45, 7) is 2.21. The summed E-state index contributed by atoms with van der Waals surface area (Å²) in [6.07, 6.45) is 0.924. The van der Waals surface area contributed by atoms with Crippen LogP contribution in [-0.2, 0) is 4.79 Å². The third kappa shape index (κ3) is 4.33. The van der Waals surface area contributed by atoms with E-state index in [1.165, 1.54) is 18.2 Å². The van der Waals surface area contributed by atoms with Gasteiger partial charge in [-0.3, -0.25) is 0 Å². The third-order valence-electron chi connectivity index (χ3n) is 2.60. The van der Waals surface area contributed by atoms with Gasteiger partial charge in [0.1, 0.15) is 11.6 Å². The van der Waals surface area contributed by atoms with Gasteiger partial charge in [-0.1, -0.05) is 0 Å². The van der Waals surface area contributed by atoms with Gasteiger partial charge in [-0.25, -0.2) is 9.18 Å². The van der Waals surface area contributed by atoms with Gasteiger partial charge < -0.3 is 15.6 Å². The first kappa shape index (κ1) is 14.4. The molecule has 100 valence electrons. The summed E-state index contributed by atoms with van der Waals surface area (Å²) in [4.78, 5) is 11.0. The molecule has 1 aromatic carbocycles. The van der Waals surface area contributed by atoms with E-state index in [2.05, 4.69) is 0 Å². The molecule has 0 heterocycles. The van der Waals surface area contributed by atoms with Gasteiger partial charge in [0.05, 0.1) is 0 Å². The first-order valence-corrected chi connectivity index (χ1v) is 5.90. The summed E-state index contributed by atoms with van der Waals surface area (Å²) < 4.78 is 18.3. The normalized spacial score (nSPS) is 12.2. The number of hydrogen-bond donors (Lipinski definition) is 2. The topological polar surface area (TPSA) is 72.5 Å². The van der Waals surface area contributed by atoms with Crippen molar-refractivity contribution in [3.8, 4) is 5.75 Å². The largest absolute Gasteiger partial charge is 0.479 e. The van der Waals surface area contributed by atoms with Crippen molar-refractivity contribution < 1.29 is 19.0 Å². The van der Waals surface area contributed by atoms with Crippen molar-refractivity contribution >= 4 is 5.97 Å². The maximum absolute atomic E-state index is 12.9. The molecule has 0 aliphatic heterocycles. The molecule has 1 aromatic rings. The molecule has 0 spiro atoms. The number of aryl methyl sites for hydroxylation is 1. The predicted octanol–water partition coefficient (Wildman–Crippen LogP) is 2.10. The van der Waals surface area contributed by atoms with E-state index in [9.17, 15) is 9.18 Å². The number of ether oxygens (including phenoxy) is 1. The Morgan fingerprint density at radius 3 is 2.78 bits per heavy atom. The van der Waals surface area contributed by atoms with Crippen LogP contribution < -0.4 is 10.5 Å². The quantitative estimate of drug-likeness (QED) is 0.732. The van der Waals surface area contributed by atoms with E-state index < -0.39 is 12.1 Å². The summed E-state index contributed by atoms with van der Waals surface area (Å²) in [5.41, 5.74) is 5.94. The lowest BCUT2D eigenvalue weighted by Gasteiger charge is -2.16. The molecule has 1 rings (SSSR count). The van der Waals surface area contributed by atoms with E-state index in [1.54, 1.807) is 6.92 Å². The highest BCUT2D eigenvalue weighted by molar-refractivity contribution is 5.72. The van der Waals surface area contributed by atoms with Crippen molar-refractivity contribution in [1.29, 1.82) is 0 Å². The second-order valence-electron chi connectivity index (χ2n) is 4.14. The molecule has 0 aromatic heterocycles. The summed E-state index contributed by atoms with van der Waals surface area (Å²) in [5, 5.41) is 9.05. The number of carboxylic acids is 1. The number of aliphatic carboxylic acids is 1. The first-order chi connectivity index (χ1) is 8.54. The Morgan fingerprint density at radius 1 is 1.50 bits per heavy atom. The standard InChI is InChI=1S/C13H18FNO3/c1-9-8-10(14)5-6-11(9)18-12(13(16)17)4-2-3-7-15/h5-6,8,12H,2-4,7,15H2,1H3,(H,16,17). The van der Waals surface area contributed by atoms with Crippen LogP contribution in [0.15, 0.2) is 18.2 Å². The predicted molar refractivity (Wildman–Crippen MR) is 66.1 cm³/mol. The minimum Gasteiger partial charge on any atom is -0.479 e. The first-order valence-electron chi connectivity index (χ1n) is 5.90. The lowest BCUT2D eigenvalue weighted by Crippen LogP contribution is -2.27. The fourth-order valence-corrected chi connectivity index (χ4v) is 1.61. The Kier molecular flexibility index (Phi) is 5.58. The second-order valence-corrected chi connectivity index (χ2v) is 4.14. The second kappa shape index (κ2) is 6.96. The minimum absolute atomic E-state index is 0.366. The SMILES string of the molecule is Cc1cc(F)ccc1OC(CCCCN)C(=O)O. The molecule has 3 N–H and O–H groups in total. The Bertz CT molecular complexity index is 409. The molecule has 5 heteroatoms. The number of hydrogen-bond acceptors (Lipinski definition) is 3. The zero-order valence-corrected chi connectivity index (χ0v) is 10.4. The molecule has 0 bridgehead atoms. The number of carbonyl (C=O) groups is 1. The summed E-state index contributed by atoms with van der Waals surface area (Å²) in [6, 6.07) is 4.01. The van der Waals surface area contributed by atoms with Crippen LogP contribution in [0, 0.1) is 12.7 Å². The van der Waals surface area contributed by atoms with Crippen LogP contribution in [0.5, 0.6) is 5.75 Å². The molecule has 0 saturated carbocycles. The van der Waals surface area contributed by atoms with Gasteiger partial charge in [-0.05, 0) is 56.5 Å². The van der Waals surface area contributed by atoms with Crippen LogP contribution in [0.1, 0.15) is 24.8 Å². The number of nitrogens with two attached hydrogens (primary N) is 1. The van der Waals surface area contributed by atoms with Crippen LogP contribution in [0.25, 0.3) is 0 Å². The summed E-state index contributed by atoms with van der Waals surface area (Å²) in [5.74, 6) is -0.984. The van der Waals surface area contributed by atoms with Gasteiger partial charge in [-0.15, -0.1) is 0 Å². The van der Waals surface area contributed by atoms with E-state index >= 15 is 0 Å².